The largest absolute Gasteiger partial charge is 0.356 e. The maximum absolute atomic E-state index is 4.52. The molecule has 2 aliphatic heterocycles. The van der Waals surface area contributed by atoms with E-state index >= 15 is 0 Å². The second-order valence-corrected chi connectivity index (χ2v) is 7.38. The molecule has 1 aromatic rings. The van der Waals surface area contributed by atoms with E-state index in [0.717, 1.165) is 25.6 Å². The zero-order valence-corrected chi connectivity index (χ0v) is 18.0. The molecule has 0 amide bonds. The Kier molecular flexibility index (Phi) is 8.49. The highest BCUT2D eigenvalue weighted by atomic mass is 127. The van der Waals surface area contributed by atoms with Crippen molar-refractivity contribution in [1.82, 2.24) is 15.1 Å². The van der Waals surface area contributed by atoms with Crippen molar-refractivity contribution in [3.63, 3.8) is 0 Å². The molecular formula is C20H33IN4. The molecule has 0 aliphatic carbocycles. The van der Waals surface area contributed by atoms with Gasteiger partial charge in [0.25, 0.3) is 0 Å². The third kappa shape index (κ3) is 5.84. The predicted octanol–water partition coefficient (Wildman–Crippen LogP) is 3.40. The lowest BCUT2D eigenvalue weighted by Gasteiger charge is -2.25. The SMILES string of the molecule is CN=C(NCC(C)CN1CCCC1)N1CCC(c2ccccc2)C1.I. The molecule has 2 heterocycles. The number of nitrogens with zero attached hydrogens (tertiary/aromatic N) is 3. The van der Waals surface area contributed by atoms with Gasteiger partial charge in [-0.15, -0.1) is 24.0 Å². The molecule has 2 unspecified atom stereocenters. The van der Waals surface area contributed by atoms with E-state index in [1.54, 1.807) is 0 Å². The Hall–Kier alpha value is -0.820. The number of nitrogens with one attached hydrogen (secondary N) is 1. The second kappa shape index (κ2) is 10.4. The number of likely N-dealkylation sites (tertiary alicyclic amines) is 2. The first kappa shape index (κ1) is 20.5. The van der Waals surface area contributed by atoms with E-state index in [4.69, 9.17) is 0 Å². The van der Waals surface area contributed by atoms with Crippen LogP contribution in [-0.4, -0.2) is 62.1 Å². The first-order chi connectivity index (χ1) is 11.8. The van der Waals surface area contributed by atoms with Gasteiger partial charge in [-0.3, -0.25) is 4.99 Å². The third-order valence-corrected chi connectivity index (χ3v) is 5.35. The Morgan fingerprint density at radius 2 is 1.92 bits per heavy atom. The monoisotopic (exact) mass is 456 g/mol. The average Bonchev–Trinajstić information content (AvgIpc) is 3.28. The normalized spacial score (nSPS) is 22.7. The number of hydrogen-bond acceptors (Lipinski definition) is 2. The zero-order chi connectivity index (χ0) is 16.8. The maximum atomic E-state index is 4.52. The molecule has 4 nitrogen and oxygen atoms in total. The van der Waals surface area contributed by atoms with Crippen molar-refractivity contribution in [2.75, 3.05) is 46.3 Å². The summed E-state index contributed by atoms with van der Waals surface area (Å²) in [6, 6.07) is 10.9. The number of guanidine groups is 1. The molecule has 2 fully saturated rings. The van der Waals surface area contributed by atoms with Gasteiger partial charge < -0.3 is 15.1 Å². The lowest BCUT2D eigenvalue weighted by Crippen LogP contribution is -2.43. The number of halogens is 1. The quantitative estimate of drug-likeness (QED) is 0.419. The highest BCUT2D eigenvalue weighted by Gasteiger charge is 2.26. The fraction of sp³-hybridized carbons (Fsp3) is 0.650. The molecule has 140 valence electrons. The Morgan fingerprint density at radius 3 is 2.60 bits per heavy atom. The minimum absolute atomic E-state index is 0. The summed E-state index contributed by atoms with van der Waals surface area (Å²) in [5.41, 5.74) is 1.46. The Balaban J connectivity index is 0.00000225. The van der Waals surface area contributed by atoms with Gasteiger partial charge in [0.1, 0.15) is 0 Å². The fourth-order valence-corrected chi connectivity index (χ4v) is 4.02. The lowest BCUT2D eigenvalue weighted by atomic mass is 9.99. The van der Waals surface area contributed by atoms with Crippen molar-refractivity contribution in [3.8, 4) is 0 Å². The van der Waals surface area contributed by atoms with Crippen LogP contribution in [0.25, 0.3) is 0 Å². The van der Waals surface area contributed by atoms with Crippen molar-refractivity contribution in [2.24, 2.45) is 10.9 Å². The highest BCUT2D eigenvalue weighted by molar-refractivity contribution is 14.0. The van der Waals surface area contributed by atoms with Gasteiger partial charge in [0.2, 0.25) is 0 Å². The summed E-state index contributed by atoms with van der Waals surface area (Å²) >= 11 is 0. The molecule has 0 aromatic heterocycles. The predicted molar refractivity (Wildman–Crippen MR) is 117 cm³/mol. The van der Waals surface area contributed by atoms with E-state index in [1.807, 2.05) is 7.05 Å². The van der Waals surface area contributed by atoms with Crippen LogP contribution in [0.1, 0.15) is 37.7 Å². The van der Waals surface area contributed by atoms with E-state index < -0.39 is 0 Å². The summed E-state index contributed by atoms with van der Waals surface area (Å²) in [7, 11) is 1.91. The minimum Gasteiger partial charge on any atom is -0.356 e. The summed E-state index contributed by atoms with van der Waals surface area (Å²) in [6.45, 7) is 9.29. The third-order valence-electron chi connectivity index (χ3n) is 5.35. The molecule has 0 spiro atoms. The summed E-state index contributed by atoms with van der Waals surface area (Å²) in [5.74, 6) is 2.36. The molecule has 1 N–H and O–H groups in total. The van der Waals surface area contributed by atoms with Gasteiger partial charge >= 0.3 is 0 Å². The fourth-order valence-electron chi connectivity index (χ4n) is 4.02. The van der Waals surface area contributed by atoms with Gasteiger partial charge in [-0.2, -0.15) is 0 Å². The average molecular weight is 456 g/mol. The zero-order valence-electron chi connectivity index (χ0n) is 15.7. The van der Waals surface area contributed by atoms with Crippen LogP contribution >= 0.6 is 24.0 Å². The summed E-state index contributed by atoms with van der Waals surface area (Å²) < 4.78 is 0. The maximum Gasteiger partial charge on any atom is 0.193 e. The summed E-state index contributed by atoms with van der Waals surface area (Å²) in [4.78, 5) is 9.53. The van der Waals surface area contributed by atoms with Crippen LogP contribution in [-0.2, 0) is 0 Å². The van der Waals surface area contributed by atoms with E-state index in [9.17, 15) is 0 Å². The molecular weight excluding hydrogens is 423 g/mol. The minimum atomic E-state index is 0. The van der Waals surface area contributed by atoms with E-state index in [-0.39, 0.29) is 24.0 Å². The van der Waals surface area contributed by atoms with Gasteiger partial charge in [-0.1, -0.05) is 37.3 Å². The first-order valence-corrected chi connectivity index (χ1v) is 9.49. The van der Waals surface area contributed by atoms with Crippen molar-refractivity contribution in [2.45, 2.75) is 32.1 Å². The molecule has 5 heteroatoms. The van der Waals surface area contributed by atoms with Crippen LogP contribution in [0.3, 0.4) is 0 Å². The molecule has 2 saturated heterocycles. The Bertz CT molecular complexity index is 528. The number of benzene rings is 1. The van der Waals surface area contributed by atoms with E-state index in [0.29, 0.717) is 11.8 Å². The number of rotatable bonds is 5. The highest BCUT2D eigenvalue weighted by Crippen LogP contribution is 2.26. The van der Waals surface area contributed by atoms with Crippen LogP contribution in [0.2, 0.25) is 0 Å². The molecule has 2 atom stereocenters. The van der Waals surface area contributed by atoms with Gasteiger partial charge in [0.05, 0.1) is 0 Å². The molecule has 0 bridgehead atoms. The molecule has 3 rings (SSSR count). The molecule has 25 heavy (non-hydrogen) atoms. The first-order valence-electron chi connectivity index (χ1n) is 9.49. The number of aliphatic imine (C=N–C) groups is 1. The van der Waals surface area contributed by atoms with Crippen molar-refractivity contribution >= 4 is 29.9 Å². The topological polar surface area (TPSA) is 30.9 Å². The Labute approximate surface area is 170 Å². The second-order valence-electron chi connectivity index (χ2n) is 7.38. The van der Waals surface area contributed by atoms with Gasteiger partial charge in [0.15, 0.2) is 5.96 Å². The van der Waals surface area contributed by atoms with Crippen molar-refractivity contribution in [1.29, 1.82) is 0 Å². The molecule has 0 saturated carbocycles. The van der Waals surface area contributed by atoms with Crippen LogP contribution < -0.4 is 5.32 Å². The van der Waals surface area contributed by atoms with Crippen LogP contribution in [0, 0.1) is 5.92 Å². The number of hydrogen-bond donors (Lipinski definition) is 1. The standard InChI is InChI=1S/C20H32N4.HI/c1-17(15-23-11-6-7-12-23)14-22-20(21-2)24-13-10-19(16-24)18-8-4-3-5-9-18;/h3-5,8-9,17,19H,6-7,10-16H2,1-2H3,(H,21,22);1H. The van der Waals surface area contributed by atoms with Crippen LogP contribution in [0.4, 0.5) is 0 Å². The molecule has 1 aromatic carbocycles. The van der Waals surface area contributed by atoms with Gasteiger partial charge in [-0.05, 0) is 43.8 Å². The van der Waals surface area contributed by atoms with E-state index in [1.165, 1.54) is 44.5 Å². The molecule has 2 aliphatic rings. The van der Waals surface area contributed by atoms with Crippen LogP contribution in [0.15, 0.2) is 35.3 Å². The van der Waals surface area contributed by atoms with E-state index in [2.05, 4.69) is 57.4 Å². The van der Waals surface area contributed by atoms with Crippen LogP contribution in [0.5, 0.6) is 0 Å². The summed E-state index contributed by atoms with van der Waals surface area (Å²) in [5, 5.41) is 3.61. The van der Waals surface area contributed by atoms with Crippen molar-refractivity contribution < 1.29 is 0 Å². The molecule has 0 radical (unpaired) electrons. The van der Waals surface area contributed by atoms with Gasteiger partial charge in [0, 0.05) is 39.1 Å². The van der Waals surface area contributed by atoms with Gasteiger partial charge in [-0.25, -0.2) is 0 Å². The summed E-state index contributed by atoms with van der Waals surface area (Å²) in [6.07, 6.45) is 3.96. The lowest BCUT2D eigenvalue weighted by molar-refractivity contribution is 0.286. The Morgan fingerprint density at radius 1 is 1.20 bits per heavy atom. The van der Waals surface area contributed by atoms with Crippen molar-refractivity contribution in [3.05, 3.63) is 35.9 Å². The smallest absolute Gasteiger partial charge is 0.193 e.